The Balaban J connectivity index is 2.12. The number of carbonyl (C=O) groups is 2. The van der Waals surface area contributed by atoms with Gasteiger partial charge in [-0.2, -0.15) is 0 Å². The lowest BCUT2D eigenvalue weighted by atomic mass is 10.1. The van der Waals surface area contributed by atoms with Crippen molar-refractivity contribution in [1.29, 1.82) is 0 Å². The molecule has 14 heavy (non-hydrogen) atoms. The Morgan fingerprint density at radius 3 is 2.86 bits per heavy atom. The second kappa shape index (κ2) is 6.31. The van der Waals surface area contributed by atoms with E-state index in [-0.39, 0.29) is 12.2 Å². The fourth-order valence-corrected chi connectivity index (χ4v) is 3.35. The number of carboxylic acids is 1. The van der Waals surface area contributed by atoms with E-state index in [1.165, 1.54) is 0 Å². The molecule has 0 aromatic heterocycles. The quantitative estimate of drug-likeness (QED) is 0.555. The molecule has 2 N–H and O–H groups in total. The molecule has 4 nitrogen and oxygen atoms in total. The molecule has 1 rings (SSSR count). The van der Waals surface area contributed by atoms with Crippen molar-refractivity contribution in [2.24, 2.45) is 0 Å². The zero-order chi connectivity index (χ0) is 10.4. The second-order valence-corrected chi connectivity index (χ2v) is 5.37. The van der Waals surface area contributed by atoms with Crippen molar-refractivity contribution in [1.82, 2.24) is 4.13 Å². The van der Waals surface area contributed by atoms with Gasteiger partial charge in [0.2, 0.25) is 0 Å². The Kier molecular flexibility index (Phi) is 5.36. The van der Waals surface area contributed by atoms with Crippen LogP contribution < -0.4 is 4.13 Å². The SMILES string of the molecule is O=C(O)CC(=O)CC[C@H]1CCSNS1. The van der Waals surface area contributed by atoms with Gasteiger partial charge in [-0.25, -0.2) is 4.13 Å². The van der Waals surface area contributed by atoms with Crippen LogP contribution in [0.5, 0.6) is 0 Å². The summed E-state index contributed by atoms with van der Waals surface area (Å²) >= 11 is 3.31. The van der Waals surface area contributed by atoms with Crippen LogP contribution in [0, 0.1) is 0 Å². The first-order valence-electron chi connectivity index (χ1n) is 4.44. The maximum Gasteiger partial charge on any atom is 0.310 e. The molecular formula is C8H13NO3S2. The Morgan fingerprint density at radius 2 is 2.29 bits per heavy atom. The van der Waals surface area contributed by atoms with E-state index in [2.05, 4.69) is 4.13 Å². The molecule has 0 aromatic rings. The maximum atomic E-state index is 11.1. The van der Waals surface area contributed by atoms with Crippen LogP contribution in [0.15, 0.2) is 0 Å². The van der Waals surface area contributed by atoms with E-state index < -0.39 is 5.97 Å². The summed E-state index contributed by atoms with van der Waals surface area (Å²) in [5.74, 6) is -0.138. The fourth-order valence-electron chi connectivity index (χ4n) is 1.18. The van der Waals surface area contributed by atoms with Crippen LogP contribution in [0.2, 0.25) is 0 Å². The Labute approximate surface area is 91.5 Å². The summed E-state index contributed by atoms with van der Waals surface area (Å²) in [4.78, 5) is 21.3. The predicted molar refractivity (Wildman–Crippen MR) is 58.1 cm³/mol. The highest BCUT2D eigenvalue weighted by Crippen LogP contribution is 2.26. The van der Waals surface area contributed by atoms with Crippen LogP contribution in [-0.2, 0) is 9.59 Å². The lowest BCUT2D eigenvalue weighted by Crippen LogP contribution is -2.17. The molecule has 1 heterocycles. The van der Waals surface area contributed by atoms with Gasteiger partial charge in [0.05, 0.1) is 0 Å². The van der Waals surface area contributed by atoms with Gasteiger partial charge in [-0.3, -0.25) is 9.59 Å². The topological polar surface area (TPSA) is 66.4 Å². The number of hydrogen-bond donors (Lipinski definition) is 2. The first kappa shape index (κ1) is 11.9. The van der Waals surface area contributed by atoms with Gasteiger partial charge in [0, 0.05) is 17.4 Å². The van der Waals surface area contributed by atoms with Crippen LogP contribution in [0.25, 0.3) is 0 Å². The fraction of sp³-hybridized carbons (Fsp3) is 0.750. The number of carboxylic acid groups (broad SMARTS) is 1. The van der Waals surface area contributed by atoms with Gasteiger partial charge in [0.15, 0.2) is 0 Å². The number of hydrogen-bond acceptors (Lipinski definition) is 5. The lowest BCUT2D eigenvalue weighted by molar-refractivity contribution is -0.140. The maximum absolute atomic E-state index is 11.1. The summed E-state index contributed by atoms with van der Waals surface area (Å²) in [5.41, 5.74) is 0. The molecule has 0 aliphatic carbocycles. The molecule has 0 unspecified atom stereocenters. The molecule has 0 aromatic carbocycles. The van der Waals surface area contributed by atoms with Gasteiger partial charge in [-0.1, -0.05) is 23.9 Å². The highest BCUT2D eigenvalue weighted by Gasteiger charge is 2.16. The molecule has 0 saturated carbocycles. The molecule has 0 amide bonds. The summed E-state index contributed by atoms with van der Waals surface area (Å²) in [6.07, 6.45) is 1.92. The van der Waals surface area contributed by atoms with Crippen LogP contribution in [0.1, 0.15) is 25.7 Å². The third kappa shape index (κ3) is 4.88. The molecule has 1 aliphatic rings. The van der Waals surface area contributed by atoms with Crippen molar-refractivity contribution < 1.29 is 14.7 Å². The van der Waals surface area contributed by atoms with Crippen molar-refractivity contribution in [3.63, 3.8) is 0 Å². The predicted octanol–water partition coefficient (Wildman–Crippen LogP) is 1.47. The second-order valence-electron chi connectivity index (χ2n) is 3.11. The zero-order valence-corrected chi connectivity index (χ0v) is 9.33. The normalized spacial score (nSPS) is 21.9. The molecule has 0 radical (unpaired) electrons. The van der Waals surface area contributed by atoms with Crippen LogP contribution in [-0.4, -0.2) is 27.9 Å². The van der Waals surface area contributed by atoms with Crippen molar-refractivity contribution >= 4 is 35.6 Å². The van der Waals surface area contributed by atoms with Gasteiger partial charge >= 0.3 is 5.97 Å². The number of carbonyl (C=O) groups excluding carboxylic acids is 1. The molecule has 1 saturated heterocycles. The van der Waals surface area contributed by atoms with Gasteiger partial charge in [0.1, 0.15) is 12.2 Å². The summed E-state index contributed by atoms with van der Waals surface area (Å²) in [5, 5.41) is 8.83. The van der Waals surface area contributed by atoms with Crippen molar-refractivity contribution in [3.8, 4) is 0 Å². The minimum atomic E-state index is -1.03. The smallest absolute Gasteiger partial charge is 0.310 e. The van der Waals surface area contributed by atoms with E-state index >= 15 is 0 Å². The molecule has 6 heteroatoms. The number of nitrogens with one attached hydrogen (secondary N) is 1. The average Bonchev–Trinajstić information content (AvgIpc) is 2.15. The third-order valence-corrected chi connectivity index (χ3v) is 4.01. The summed E-state index contributed by atoms with van der Waals surface area (Å²) in [7, 11) is 0. The van der Waals surface area contributed by atoms with E-state index in [4.69, 9.17) is 5.11 Å². The summed E-state index contributed by atoms with van der Waals surface area (Å²) in [6.45, 7) is 0. The van der Waals surface area contributed by atoms with E-state index in [0.717, 1.165) is 18.6 Å². The molecule has 0 bridgehead atoms. The molecule has 0 spiro atoms. The standard InChI is InChI=1S/C8H13NO3S2/c10-6(5-8(11)12)1-2-7-3-4-13-9-14-7/h7,9H,1-5H2,(H,11,12)/t7-/m0/s1. The Morgan fingerprint density at radius 1 is 1.50 bits per heavy atom. The number of rotatable bonds is 5. The summed E-state index contributed by atoms with van der Waals surface area (Å²) in [6, 6.07) is 0. The van der Waals surface area contributed by atoms with E-state index in [0.29, 0.717) is 11.7 Å². The Hall–Kier alpha value is -0.200. The average molecular weight is 235 g/mol. The van der Waals surface area contributed by atoms with Crippen molar-refractivity contribution in [2.75, 3.05) is 5.75 Å². The zero-order valence-electron chi connectivity index (χ0n) is 7.69. The molecule has 1 aliphatic heterocycles. The first-order valence-corrected chi connectivity index (χ1v) is 6.31. The lowest BCUT2D eigenvalue weighted by Gasteiger charge is -2.20. The van der Waals surface area contributed by atoms with E-state index in [1.54, 1.807) is 23.9 Å². The number of aliphatic carboxylic acids is 1. The Bertz CT molecular complexity index is 217. The molecule has 1 atom stereocenters. The highest BCUT2D eigenvalue weighted by atomic mass is 32.2. The van der Waals surface area contributed by atoms with Gasteiger partial charge in [-0.05, 0) is 12.8 Å². The van der Waals surface area contributed by atoms with Crippen molar-refractivity contribution in [2.45, 2.75) is 30.9 Å². The highest BCUT2D eigenvalue weighted by molar-refractivity contribution is 8.13. The van der Waals surface area contributed by atoms with E-state index in [9.17, 15) is 9.59 Å². The monoisotopic (exact) mass is 235 g/mol. The molecular weight excluding hydrogens is 222 g/mol. The van der Waals surface area contributed by atoms with Crippen LogP contribution in [0.3, 0.4) is 0 Å². The molecule has 1 fully saturated rings. The first-order chi connectivity index (χ1) is 6.68. The number of ketones is 1. The van der Waals surface area contributed by atoms with Crippen LogP contribution in [0.4, 0.5) is 0 Å². The largest absolute Gasteiger partial charge is 0.481 e. The van der Waals surface area contributed by atoms with Crippen LogP contribution >= 0.6 is 23.9 Å². The van der Waals surface area contributed by atoms with Gasteiger partial charge in [0.25, 0.3) is 0 Å². The van der Waals surface area contributed by atoms with Gasteiger partial charge in [-0.15, -0.1) is 0 Å². The van der Waals surface area contributed by atoms with E-state index in [1.807, 2.05) is 0 Å². The van der Waals surface area contributed by atoms with Gasteiger partial charge < -0.3 is 5.11 Å². The third-order valence-electron chi connectivity index (χ3n) is 1.91. The summed E-state index contributed by atoms with van der Waals surface area (Å²) < 4.78 is 3.11. The molecule has 80 valence electrons. The van der Waals surface area contributed by atoms with Crippen molar-refractivity contribution in [3.05, 3.63) is 0 Å². The number of Topliss-reactive ketones (excluding diaryl/α,β-unsaturated/α-hetero) is 1. The minimum Gasteiger partial charge on any atom is -0.481 e. The minimum absolute atomic E-state index is 0.170.